The maximum atomic E-state index is 11.2. The van der Waals surface area contributed by atoms with Crippen LogP contribution in [0, 0.1) is 0 Å². The lowest BCUT2D eigenvalue weighted by Crippen LogP contribution is -2.40. The number of carboxylic acid groups (broad SMARTS) is 2. The zero-order valence-electron chi connectivity index (χ0n) is 9.52. The molecule has 1 amide bonds. The quantitative estimate of drug-likeness (QED) is 0.408. The summed E-state index contributed by atoms with van der Waals surface area (Å²) in [5.41, 5.74) is 5.27. The Balaban J connectivity index is 4.02. The van der Waals surface area contributed by atoms with Gasteiger partial charge in [-0.1, -0.05) is 0 Å². The number of rotatable bonds is 9. The molecule has 98 valence electrons. The van der Waals surface area contributed by atoms with Crippen molar-refractivity contribution in [1.82, 2.24) is 5.32 Å². The molecule has 5 N–H and O–H groups in total. The van der Waals surface area contributed by atoms with Gasteiger partial charge in [-0.15, -0.1) is 0 Å². The van der Waals surface area contributed by atoms with Crippen molar-refractivity contribution in [2.45, 2.75) is 38.1 Å². The second-order valence-electron chi connectivity index (χ2n) is 3.64. The van der Waals surface area contributed by atoms with Crippen LogP contribution in [0.5, 0.6) is 0 Å². The molecule has 0 radical (unpaired) electrons. The van der Waals surface area contributed by atoms with Crippen LogP contribution in [0.15, 0.2) is 0 Å². The fraction of sp³-hybridized carbons (Fsp3) is 0.700. The molecule has 0 aromatic rings. The third-order valence-electron chi connectivity index (χ3n) is 2.15. The second kappa shape index (κ2) is 8.51. The molecule has 0 aliphatic rings. The summed E-state index contributed by atoms with van der Waals surface area (Å²) in [6, 6.07) is -0.970. The van der Waals surface area contributed by atoms with E-state index < -0.39 is 23.9 Å². The Labute approximate surface area is 99.0 Å². The van der Waals surface area contributed by atoms with Gasteiger partial charge >= 0.3 is 11.9 Å². The number of unbranched alkanes of at least 4 members (excludes halogenated alkanes) is 1. The lowest BCUT2D eigenvalue weighted by atomic mass is 10.1. The van der Waals surface area contributed by atoms with Crippen LogP contribution in [0.25, 0.3) is 0 Å². The van der Waals surface area contributed by atoms with Crippen LogP contribution in [0.2, 0.25) is 0 Å². The van der Waals surface area contributed by atoms with Gasteiger partial charge in [0.15, 0.2) is 0 Å². The summed E-state index contributed by atoms with van der Waals surface area (Å²) in [6.45, 7) is 0.472. The van der Waals surface area contributed by atoms with Gasteiger partial charge in [0.2, 0.25) is 5.91 Å². The molecule has 0 aromatic carbocycles. The topological polar surface area (TPSA) is 130 Å². The molecule has 0 fully saturated rings. The monoisotopic (exact) mass is 246 g/mol. The Morgan fingerprint density at radius 3 is 2.24 bits per heavy atom. The maximum absolute atomic E-state index is 11.2. The van der Waals surface area contributed by atoms with Crippen molar-refractivity contribution in [3.05, 3.63) is 0 Å². The van der Waals surface area contributed by atoms with Gasteiger partial charge in [-0.3, -0.25) is 9.59 Å². The van der Waals surface area contributed by atoms with Gasteiger partial charge in [-0.2, -0.15) is 0 Å². The summed E-state index contributed by atoms with van der Waals surface area (Å²) in [5.74, 6) is -2.77. The normalized spacial score (nSPS) is 11.8. The van der Waals surface area contributed by atoms with E-state index in [1.165, 1.54) is 0 Å². The fourth-order valence-corrected chi connectivity index (χ4v) is 1.24. The number of hydrogen-bond donors (Lipinski definition) is 4. The van der Waals surface area contributed by atoms with Gasteiger partial charge in [0.25, 0.3) is 0 Å². The van der Waals surface area contributed by atoms with E-state index in [1.54, 1.807) is 0 Å². The van der Waals surface area contributed by atoms with Gasteiger partial charge in [-0.25, -0.2) is 4.79 Å². The first kappa shape index (κ1) is 15.4. The van der Waals surface area contributed by atoms with Crippen LogP contribution < -0.4 is 11.1 Å². The third kappa shape index (κ3) is 8.21. The molecule has 0 unspecified atom stereocenters. The number of carboxylic acids is 2. The van der Waals surface area contributed by atoms with Crippen molar-refractivity contribution in [2.75, 3.05) is 6.54 Å². The van der Waals surface area contributed by atoms with Crippen molar-refractivity contribution < 1.29 is 24.6 Å². The summed E-state index contributed by atoms with van der Waals surface area (Å²) >= 11 is 0. The molecule has 0 aliphatic heterocycles. The Kier molecular flexibility index (Phi) is 7.70. The molecule has 7 heteroatoms. The first-order chi connectivity index (χ1) is 7.97. The third-order valence-corrected chi connectivity index (χ3v) is 2.15. The molecular formula is C10H18N2O5. The van der Waals surface area contributed by atoms with Crippen LogP contribution in [-0.2, 0) is 14.4 Å². The number of hydrogen-bond acceptors (Lipinski definition) is 4. The van der Waals surface area contributed by atoms with Crippen LogP contribution in [-0.4, -0.2) is 40.6 Å². The van der Waals surface area contributed by atoms with Gasteiger partial charge < -0.3 is 21.3 Å². The largest absolute Gasteiger partial charge is 0.481 e. The molecule has 7 nitrogen and oxygen atoms in total. The van der Waals surface area contributed by atoms with E-state index in [4.69, 9.17) is 15.9 Å². The molecule has 0 aliphatic carbocycles. The van der Waals surface area contributed by atoms with Crippen LogP contribution >= 0.6 is 0 Å². The molecule has 0 bridgehead atoms. The summed E-state index contributed by atoms with van der Waals surface area (Å²) in [5, 5.41) is 19.5. The van der Waals surface area contributed by atoms with Crippen molar-refractivity contribution in [3.63, 3.8) is 0 Å². The second-order valence-corrected chi connectivity index (χ2v) is 3.64. The minimum Gasteiger partial charge on any atom is -0.481 e. The summed E-state index contributed by atoms with van der Waals surface area (Å²) in [6.07, 6.45) is 1.07. The highest BCUT2D eigenvalue weighted by atomic mass is 16.4. The van der Waals surface area contributed by atoms with E-state index >= 15 is 0 Å². The van der Waals surface area contributed by atoms with E-state index in [2.05, 4.69) is 5.32 Å². The Hall–Kier alpha value is -1.63. The fourth-order valence-electron chi connectivity index (χ4n) is 1.24. The SMILES string of the molecule is NCCCC[C@H](NC(=O)CCC(=O)O)C(=O)O. The average molecular weight is 246 g/mol. The van der Waals surface area contributed by atoms with Crippen molar-refractivity contribution in [2.24, 2.45) is 5.73 Å². The number of amides is 1. The Bertz CT molecular complexity index is 280. The molecule has 0 aromatic heterocycles. The molecule has 0 spiro atoms. The van der Waals surface area contributed by atoms with Crippen molar-refractivity contribution in [1.29, 1.82) is 0 Å². The average Bonchev–Trinajstić information content (AvgIpc) is 2.25. The van der Waals surface area contributed by atoms with E-state index in [0.29, 0.717) is 25.8 Å². The predicted molar refractivity (Wildman–Crippen MR) is 59.3 cm³/mol. The number of nitrogens with two attached hydrogens (primary N) is 1. The Morgan fingerprint density at radius 2 is 1.76 bits per heavy atom. The summed E-state index contributed by atoms with van der Waals surface area (Å²) in [7, 11) is 0. The number of carbonyl (C=O) groups excluding carboxylic acids is 1. The number of nitrogens with one attached hydrogen (secondary N) is 1. The van der Waals surface area contributed by atoms with E-state index in [1.807, 2.05) is 0 Å². The Morgan fingerprint density at radius 1 is 1.12 bits per heavy atom. The smallest absolute Gasteiger partial charge is 0.326 e. The van der Waals surface area contributed by atoms with Gasteiger partial charge in [0.05, 0.1) is 6.42 Å². The highest BCUT2D eigenvalue weighted by Gasteiger charge is 2.19. The first-order valence-electron chi connectivity index (χ1n) is 5.41. The molecule has 0 saturated carbocycles. The zero-order chi connectivity index (χ0) is 13.3. The van der Waals surface area contributed by atoms with Crippen LogP contribution in [0.3, 0.4) is 0 Å². The zero-order valence-corrected chi connectivity index (χ0v) is 9.52. The molecular weight excluding hydrogens is 228 g/mol. The van der Waals surface area contributed by atoms with Gasteiger partial charge in [0, 0.05) is 6.42 Å². The van der Waals surface area contributed by atoms with Crippen molar-refractivity contribution >= 4 is 17.8 Å². The van der Waals surface area contributed by atoms with E-state index in [0.717, 1.165) is 0 Å². The number of aliphatic carboxylic acids is 2. The minimum atomic E-state index is -1.12. The molecule has 1 atom stereocenters. The molecule has 0 rings (SSSR count). The highest BCUT2D eigenvalue weighted by Crippen LogP contribution is 2.01. The lowest BCUT2D eigenvalue weighted by molar-refractivity contribution is -0.142. The molecule has 17 heavy (non-hydrogen) atoms. The standard InChI is InChI=1S/C10H18N2O5/c11-6-2-1-3-7(10(16)17)12-8(13)4-5-9(14)15/h7H,1-6,11H2,(H,12,13)(H,14,15)(H,16,17)/t7-/m0/s1. The summed E-state index contributed by atoms with van der Waals surface area (Å²) in [4.78, 5) is 32.3. The first-order valence-corrected chi connectivity index (χ1v) is 5.41. The lowest BCUT2D eigenvalue weighted by Gasteiger charge is -2.13. The van der Waals surface area contributed by atoms with E-state index in [-0.39, 0.29) is 12.8 Å². The van der Waals surface area contributed by atoms with Crippen molar-refractivity contribution in [3.8, 4) is 0 Å². The van der Waals surface area contributed by atoms with Crippen LogP contribution in [0.1, 0.15) is 32.1 Å². The van der Waals surface area contributed by atoms with E-state index in [9.17, 15) is 14.4 Å². The minimum absolute atomic E-state index is 0.212. The summed E-state index contributed by atoms with van der Waals surface area (Å²) < 4.78 is 0. The highest BCUT2D eigenvalue weighted by molar-refractivity contribution is 5.85. The van der Waals surface area contributed by atoms with Gasteiger partial charge in [0.1, 0.15) is 6.04 Å². The molecule has 0 saturated heterocycles. The predicted octanol–water partition coefficient (Wildman–Crippen LogP) is -0.450. The molecule has 0 heterocycles. The van der Waals surface area contributed by atoms with Crippen LogP contribution in [0.4, 0.5) is 0 Å². The number of carbonyl (C=O) groups is 3. The van der Waals surface area contributed by atoms with Gasteiger partial charge in [-0.05, 0) is 25.8 Å². The maximum Gasteiger partial charge on any atom is 0.326 e.